The first-order valence-electron chi connectivity index (χ1n) is 10.9. The van der Waals surface area contributed by atoms with Gasteiger partial charge in [-0.15, -0.1) is 0 Å². The molecule has 31 heavy (non-hydrogen) atoms. The van der Waals surface area contributed by atoms with Crippen LogP contribution in [0.5, 0.6) is 0 Å². The Hall–Kier alpha value is -2.75. The molecule has 2 aliphatic rings. The summed E-state index contributed by atoms with van der Waals surface area (Å²) < 4.78 is 1.63. The van der Waals surface area contributed by atoms with E-state index in [0.29, 0.717) is 24.0 Å². The lowest BCUT2D eigenvalue weighted by Gasteiger charge is -2.39. The largest absolute Gasteiger partial charge is 0.393 e. The van der Waals surface area contributed by atoms with Gasteiger partial charge in [0, 0.05) is 12.1 Å². The van der Waals surface area contributed by atoms with Gasteiger partial charge >= 0.3 is 0 Å². The van der Waals surface area contributed by atoms with Crippen molar-refractivity contribution < 1.29 is 14.7 Å². The Kier molecular flexibility index (Phi) is 5.59. The lowest BCUT2D eigenvalue weighted by atomic mass is 9.74. The Labute approximate surface area is 181 Å². The topological polar surface area (TPSA) is 139 Å². The van der Waals surface area contributed by atoms with Crippen molar-refractivity contribution in [3.8, 4) is 0 Å². The number of nitrogens with two attached hydrogens (primary N) is 1. The number of nitrogens with one attached hydrogen (secondary N) is 1. The van der Waals surface area contributed by atoms with Gasteiger partial charge in [0.25, 0.3) is 0 Å². The first-order valence-corrected chi connectivity index (χ1v) is 10.9. The number of rotatable bonds is 4. The van der Waals surface area contributed by atoms with Gasteiger partial charge in [-0.25, -0.2) is 15.0 Å². The summed E-state index contributed by atoms with van der Waals surface area (Å²) in [7, 11) is 0. The Balaban J connectivity index is 1.47. The molecule has 1 aliphatic carbocycles. The normalized spacial score (nSPS) is 28.1. The molecule has 2 aromatic rings. The molecule has 0 radical (unpaired) electrons. The van der Waals surface area contributed by atoms with Crippen molar-refractivity contribution in [2.75, 3.05) is 5.73 Å². The first-order chi connectivity index (χ1) is 14.6. The van der Waals surface area contributed by atoms with E-state index in [1.54, 1.807) is 9.47 Å². The minimum atomic E-state index is -0.515. The number of fused-ring (bicyclic) bond motifs is 1. The van der Waals surface area contributed by atoms with Crippen molar-refractivity contribution in [1.29, 1.82) is 0 Å². The van der Waals surface area contributed by atoms with Crippen molar-refractivity contribution in [1.82, 2.24) is 29.7 Å². The zero-order valence-electron chi connectivity index (χ0n) is 18.3. The molecular weight excluding hydrogens is 398 g/mol. The number of aliphatic hydroxyl groups excluding tert-OH is 1. The van der Waals surface area contributed by atoms with Crippen molar-refractivity contribution in [3.05, 3.63) is 12.7 Å². The smallest absolute Gasteiger partial charge is 0.243 e. The molecule has 3 heterocycles. The van der Waals surface area contributed by atoms with Gasteiger partial charge in [0.15, 0.2) is 11.5 Å². The number of aliphatic hydroxyl groups is 1. The third kappa shape index (κ3) is 4.34. The van der Waals surface area contributed by atoms with Crippen molar-refractivity contribution in [2.45, 2.75) is 83.6 Å². The zero-order chi connectivity index (χ0) is 22.3. The second-order valence-electron chi connectivity index (χ2n) is 9.71. The molecule has 2 amide bonds. The predicted molar refractivity (Wildman–Crippen MR) is 115 cm³/mol. The molecule has 1 saturated carbocycles. The van der Waals surface area contributed by atoms with E-state index in [1.807, 2.05) is 6.92 Å². The van der Waals surface area contributed by atoms with E-state index >= 15 is 0 Å². The van der Waals surface area contributed by atoms with Crippen molar-refractivity contribution in [3.63, 3.8) is 0 Å². The molecule has 2 aromatic heterocycles. The summed E-state index contributed by atoms with van der Waals surface area (Å²) in [6.07, 6.45) is 5.93. The molecule has 2 unspecified atom stereocenters. The molecule has 4 N–H and O–H groups in total. The highest BCUT2D eigenvalue weighted by atomic mass is 16.3. The maximum Gasteiger partial charge on any atom is 0.243 e. The van der Waals surface area contributed by atoms with E-state index in [0.717, 1.165) is 19.3 Å². The minimum Gasteiger partial charge on any atom is -0.393 e. The SMILES string of the molecule is C[C@@H]1CC[C@@H](C(=O)NC2CC(O)CC(C)(C)C2)N1C(=O)Cn1cnc2c(N)ncnc21. The van der Waals surface area contributed by atoms with E-state index in [4.69, 9.17) is 5.73 Å². The monoisotopic (exact) mass is 429 g/mol. The number of imidazole rings is 1. The van der Waals surface area contributed by atoms with Crippen LogP contribution >= 0.6 is 0 Å². The number of anilines is 1. The van der Waals surface area contributed by atoms with Crippen LogP contribution in [0.1, 0.15) is 52.9 Å². The Morgan fingerprint density at radius 1 is 1.26 bits per heavy atom. The molecule has 4 rings (SSSR count). The quantitative estimate of drug-likeness (QED) is 0.654. The maximum absolute atomic E-state index is 13.2. The van der Waals surface area contributed by atoms with Crippen LogP contribution in [0.15, 0.2) is 12.7 Å². The molecule has 4 atom stereocenters. The fraction of sp³-hybridized carbons (Fsp3) is 0.667. The van der Waals surface area contributed by atoms with Crippen LogP contribution in [0.25, 0.3) is 11.2 Å². The predicted octanol–water partition coefficient (Wildman–Crippen LogP) is 0.844. The molecular formula is C21H31N7O3. The summed E-state index contributed by atoms with van der Waals surface area (Å²) in [6.45, 7) is 6.20. The summed E-state index contributed by atoms with van der Waals surface area (Å²) in [6, 6.07) is -0.637. The molecule has 0 bridgehead atoms. The summed E-state index contributed by atoms with van der Waals surface area (Å²) in [5.74, 6) is -0.0408. The van der Waals surface area contributed by atoms with Crippen molar-refractivity contribution >= 4 is 28.8 Å². The standard InChI is InChI=1S/C21H31N7O3/c1-12-4-5-15(20(31)26-13-6-14(29)8-21(2,3)7-13)28(12)16(30)9-27-11-25-17-18(22)23-10-24-19(17)27/h10-15,29H,4-9H2,1-3H3,(H,26,31)(H2,22,23,24)/t12-,13?,14?,15+/m1/s1. The van der Waals surface area contributed by atoms with Crippen molar-refractivity contribution in [2.24, 2.45) is 5.41 Å². The second-order valence-corrected chi connectivity index (χ2v) is 9.71. The van der Waals surface area contributed by atoms with Crippen LogP contribution in [-0.2, 0) is 16.1 Å². The van der Waals surface area contributed by atoms with Crippen LogP contribution in [0.4, 0.5) is 5.82 Å². The fourth-order valence-electron chi connectivity index (χ4n) is 5.19. The van der Waals surface area contributed by atoms with Gasteiger partial charge in [0.1, 0.15) is 24.4 Å². The Bertz CT molecular complexity index is 989. The Morgan fingerprint density at radius 2 is 2.03 bits per heavy atom. The molecule has 0 aromatic carbocycles. The van der Waals surface area contributed by atoms with Gasteiger partial charge in [-0.3, -0.25) is 9.59 Å². The number of nitrogen functional groups attached to an aromatic ring is 1. The molecule has 10 nitrogen and oxygen atoms in total. The number of likely N-dealkylation sites (tertiary alicyclic amines) is 1. The van der Waals surface area contributed by atoms with Gasteiger partial charge in [-0.1, -0.05) is 13.8 Å². The van der Waals surface area contributed by atoms with E-state index < -0.39 is 12.1 Å². The summed E-state index contributed by atoms with van der Waals surface area (Å²) >= 11 is 0. The highest BCUT2D eigenvalue weighted by molar-refractivity contribution is 5.89. The van der Waals surface area contributed by atoms with Crippen LogP contribution in [0.3, 0.4) is 0 Å². The van der Waals surface area contributed by atoms with E-state index in [2.05, 4.69) is 34.1 Å². The van der Waals surface area contributed by atoms with Crippen LogP contribution in [0.2, 0.25) is 0 Å². The van der Waals surface area contributed by atoms with Crippen LogP contribution in [-0.4, -0.2) is 65.6 Å². The number of hydrogen-bond acceptors (Lipinski definition) is 7. The molecule has 10 heteroatoms. The van der Waals surface area contributed by atoms with Gasteiger partial charge in [-0.05, 0) is 44.4 Å². The first kappa shape index (κ1) is 21.5. The summed E-state index contributed by atoms with van der Waals surface area (Å²) in [5, 5.41) is 13.3. The van der Waals surface area contributed by atoms with Gasteiger partial charge in [-0.2, -0.15) is 0 Å². The lowest BCUT2D eigenvalue weighted by Crippen LogP contribution is -2.53. The van der Waals surface area contributed by atoms with E-state index in [1.165, 1.54) is 12.7 Å². The maximum atomic E-state index is 13.2. The number of hydrogen-bond donors (Lipinski definition) is 3. The number of carbonyl (C=O) groups excluding carboxylic acids is 2. The summed E-state index contributed by atoms with van der Waals surface area (Å²) in [5.41, 5.74) is 6.75. The highest BCUT2D eigenvalue weighted by Gasteiger charge is 2.41. The fourth-order valence-corrected chi connectivity index (χ4v) is 5.19. The number of carbonyl (C=O) groups is 2. The van der Waals surface area contributed by atoms with Gasteiger partial charge in [0.05, 0.1) is 12.4 Å². The second kappa shape index (κ2) is 8.07. The molecule has 1 saturated heterocycles. The molecule has 0 spiro atoms. The Morgan fingerprint density at radius 3 is 2.77 bits per heavy atom. The third-order valence-corrected chi connectivity index (χ3v) is 6.48. The van der Waals surface area contributed by atoms with E-state index in [9.17, 15) is 14.7 Å². The molecule has 168 valence electrons. The molecule has 1 aliphatic heterocycles. The average Bonchev–Trinajstić information content (AvgIpc) is 3.24. The minimum absolute atomic E-state index is 0.0241. The number of nitrogens with zero attached hydrogens (tertiary/aromatic N) is 5. The summed E-state index contributed by atoms with van der Waals surface area (Å²) in [4.78, 5) is 40.3. The van der Waals surface area contributed by atoms with Crippen LogP contribution < -0.4 is 11.1 Å². The van der Waals surface area contributed by atoms with Gasteiger partial charge in [0.2, 0.25) is 11.8 Å². The average molecular weight is 430 g/mol. The van der Waals surface area contributed by atoms with Crippen LogP contribution in [0, 0.1) is 5.41 Å². The zero-order valence-corrected chi connectivity index (χ0v) is 18.3. The third-order valence-electron chi connectivity index (χ3n) is 6.48. The highest BCUT2D eigenvalue weighted by Crippen LogP contribution is 2.35. The van der Waals surface area contributed by atoms with Gasteiger partial charge < -0.3 is 25.6 Å². The lowest BCUT2D eigenvalue weighted by molar-refractivity contribution is -0.141. The van der Waals surface area contributed by atoms with E-state index in [-0.39, 0.29) is 41.7 Å². The number of amides is 2. The number of aromatic nitrogens is 4. The molecule has 2 fully saturated rings.